The van der Waals surface area contributed by atoms with Gasteiger partial charge in [0.2, 0.25) is 5.91 Å². The molecule has 1 aromatic rings. The van der Waals surface area contributed by atoms with Crippen molar-refractivity contribution in [2.24, 2.45) is 0 Å². The Bertz CT molecular complexity index is 685. The van der Waals surface area contributed by atoms with Crippen LogP contribution in [0.2, 0.25) is 0 Å². The van der Waals surface area contributed by atoms with Crippen molar-refractivity contribution in [3.63, 3.8) is 0 Å². The number of benzene rings is 1. The molecule has 0 spiro atoms. The number of amides is 2. The van der Waals surface area contributed by atoms with Crippen molar-refractivity contribution in [1.29, 1.82) is 5.26 Å². The molecular formula is C17H20N4O3. The van der Waals surface area contributed by atoms with Crippen LogP contribution in [-0.4, -0.2) is 54.9 Å². The topological polar surface area (TPSA) is 85.7 Å². The molecular weight excluding hydrogens is 308 g/mol. The summed E-state index contributed by atoms with van der Waals surface area (Å²) in [5.41, 5.74) is 0.680. The first-order valence-electron chi connectivity index (χ1n) is 7.61. The van der Waals surface area contributed by atoms with Gasteiger partial charge >= 0.3 is 0 Å². The van der Waals surface area contributed by atoms with E-state index in [0.29, 0.717) is 37.6 Å². The molecule has 0 unspecified atom stereocenters. The van der Waals surface area contributed by atoms with Gasteiger partial charge in [0.15, 0.2) is 0 Å². The summed E-state index contributed by atoms with van der Waals surface area (Å²) in [6.07, 6.45) is 1.39. The summed E-state index contributed by atoms with van der Waals surface area (Å²) >= 11 is 0. The maximum atomic E-state index is 12.4. The van der Waals surface area contributed by atoms with Crippen LogP contribution in [0.4, 0.5) is 5.69 Å². The molecule has 1 fully saturated rings. The molecule has 1 aromatic carbocycles. The van der Waals surface area contributed by atoms with Gasteiger partial charge in [-0.25, -0.2) is 0 Å². The van der Waals surface area contributed by atoms with E-state index in [1.165, 1.54) is 13.1 Å². The van der Waals surface area contributed by atoms with Gasteiger partial charge in [0.05, 0.1) is 12.8 Å². The SMILES string of the molecule is COc1ccccc1N/C=C(/C#N)C(=O)N1CCN(C(C)=O)CC1. The van der Waals surface area contributed by atoms with E-state index in [9.17, 15) is 14.9 Å². The fourth-order valence-corrected chi connectivity index (χ4v) is 2.45. The van der Waals surface area contributed by atoms with Gasteiger partial charge < -0.3 is 19.9 Å². The number of hydrogen-bond acceptors (Lipinski definition) is 5. The largest absolute Gasteiger partial charge is 0.495 e. The summed E-state index contributed by atoms with van der Waals surface area (Å²) in [6, 6.07) is 9.16. The van der Waals surface area contributed by atoms with Crippen LogP contribution >= 0.6 is 0 Å². The fraction of sp³-hybridized carbons (Fsp3) is 0.353. The molecule has 0 aliphatic carbocycles. The lowest BCUT2D eigenvalue weighted by Gasteiger charge is -2.34. The Morgan fingerprint density at radius 1 is 1.21 bits per heavy atom. The van der Waals surface area contributed by atoms with Gasteiger partial charge in [0.1, 0.15) is 17.4 Å². The van der Waals surface area contributed by atoms with Crippen molar-refractivity contribution in [3.05, 3.63) is 36.0 Å². The summed E-state index contributed by atoms with van der Waals surface area (Å²) < 4.78 is 5.21. The maximum absolute atomic E-state index is 12.4. The predicted molar refractivity (Wildman–Crippen MR) is 89.1 cm³/mol. The van der Waals surface area contributed by atoms with Crippen LogP contribution in [0.3, 0.4) is 0 Å². The van der Waals surface area contributed by atoms with Crippen molar-refractivity contribution in [2.75, 3.05) is 38.6 Å². The van der Waals surface area contributed by atoms with Gasteiger partial charge in [-0.3, -0.25) is 9.59 Å². The lowest BCUT2D eigenvalue weighted by atomic mass is 10.2. The molecule has 24 heavy (non-hydrogen) atoms. The molecule has 7 nitrogen and oxygen atoms in total. The number of nitrogens with zero attached hydrogens (tertiary/aromatic N) is 3. The molecule has 0 radical (unpaired) electrons. The third-order valence-electron chi connectivity index (χ3n) is 3.84. The molecule has 1 aliphatic heterocycles. The summed E-state index contributed by atoms with van der Waals surface area (Å²) in [5, 5.41) is 12.2. The van der Waals surface area contributed by atoms with E-state index in [0.717, 1.165) is 0 Å². The normalized spacial score (nSPS) is 14.8. The van der Waals surface area contributed by atoms with Gasteiger partial charge in [-0.05, 0) is 12.1 Å². The lowest BCUT2D eigenvalue weighted by molar-refractivity contribution is -0.136. The molecule has 1 aliphatic rings. The number of anilines is 1. The monoisotopic (exact) mass is 328 g/mol. The highest BCUT2D eigenvalue weighted by atomic mass is 16.5. The highest BCUT2D eigenvalue weighted by Gasteiger charge is 2.24. The second kappa shape index (κ2) is 8.02. The third-order valence-corrected chi connectivity index (χ3v) is 3.84. The average molecular weight is 328 g/mol. The minimum atomic E-state index is -0.344. The van der Waals surface area contributed by atoms with Gasteiger partial charge in [-0.15, -0.1) is 0 Å². The van der Waals surface area contributed by atoms with E-state index >= 15 is 0 Å². The second-order valence-corrected chi connectivity index (χ2v) is 5.31. The van der Waals surface area contributed by atoms with Crippen molar-refractivity contribution in [2.45, 2.75) is 6.92 Å². The number of nitriles is 1. The van der Waals surface area contributed by atoms with Gasteiger partial charge in [-0.1, -0.05) is 12.1 Å². The number of ether oxygens (including phenoxy) is 1. The Labute approximate surface area is 141 Å². The number of piperazine rings is 1. The Morgan fingerprint density at radius 2 is 1.83 bits per heavy atom. The number of hydrogen-bond donors (Lipinski definition) is 1. The molecule has 1 saturated heterocycles. The van der Waals surface area contributed by atoms with Crippen LogP contribution in [0, 0.1) is 11.3 Å². The summed E-state index contributed by atoms with van der Waals surface area (Å²) in [6.45, 7) is 3.33. The van der Waals surface area contributed by atoms with E-state index in [4.69, 9.17) is 4.74 Å². The van der Waals surface area contributed by atoms with E-state index < -0.39 is 0 Å². The van der Waals surface area contributed by atoms with E-state index in [1.807, 2.05) is 18.2 Å². The first kappa shape index (κ1) is 17.3. The van der Waals surface area contributed by atoms with E-state index in [1.54, 1.807) is 29.0 Å². The summed E-state index contributed by atoms with van der Waals surface area (Å²) in [7, 11) is 1.55. The van der Waals surface area contributed by atoms with Gasteiger partial charge in [0.25, 0.3) is 5.91 Å². The number of carbonyl (C=O) groups excluding carboxylic acids is 2. The minimum Gasteiger partial charge on any atom is -0.495 e. The van der Waals surface area contributed by atoms with Crippen LogP contribution in [0.1, 0.15) is 6.92 Å². The molecule has 0 bridgehead atoms. The summed E-state index contributed by atoms with van der Waals surface area (Å²) in [5.74, 6) is 0.271. The number of para-hydroxylation sites is 2. The van der Waals surface area contributed by atoms with Crippen LogP contribution in [0.5, 0.6) is 5.75 Å². The molecule has 1 heterocycles. The van der Waals surface area contributed by atoms with E-state index in [2.05, 4.69) is 5.32 Å². The average Bonchev–Trinajstić information content (AvgIpc) is 2.62. The highest BCUT2D eigenvalue weighted by molar-refractivity contribution is 5.97. The highest BCUT2D eigenvalue weighted by Crippen LogP contribution is 2.23. The number of carbonyl (C=O) groups is 2. The lowest BCUT2D eigenvalue weighted by Crippen LogP contribution is -2.50. The number of rotatable bonds is 4. The zero-order valence-electron chi connectivity index (χ0n) is 13.8. The predicted octanol–water partition coefficient (Wildman–Crippen LogP) is 1.21. The van der Waals surface area contributed by atoms with E-state index in [-0.39, 0.29) is 17.4 Å². The Morgan fingerprint density at radius 3 is 2.42 bits per heavy atom. The minimum absolute atomic E-state index is 0.00372. The first-order valence-corrected chi connectivity index (χ1v) is 7.61. The first-order chi connectivity index (χ1) is 11.6. The quantitative estimate of drug-likeness (QED) is 0.663. The molecule has 0 aromatic heterocycles. The number of methoxy groups -OCH3 is 1. The van der Waals surface area contributed by atoms with Crippen LogP contribution in [-0.2, 0) is 9.59 Å². The van der Waals surface area contributed by atoms with Crippen LogP contribution < -0.4 is 10.1 Å². The molecule has 2 rings (SSSR count). The van der Waals surface area contributed by atoms with Crippen molar-refractivity contribution < 1.29 is 14.3 Å². The van der Waals surface area contributed by atoms with Crippen LogP contribution in [0.25, 0.3) is 0 Å². The number of nitrogens with one attached hydrogen (secondary N) is 1. The summed E-state index contributed by atoms with van der Waals surface area (Å²) in [4.78, 5) is 27.0. The Kier molecular flexibility index (Phi) is 5.79. The standard InChI is InChI=1S/C17H20N4O3/c1-13(22)20-7-9-21(10-8-20)17(23)14(11-18)12-19-15-5-3-4-6-16(15)24-2/h3-6,12,19H,7-10H2,1-2H3/b14-12-. The molecule has 0 saturated carbocycles. The molecule has 2 amide bonds. The van der Waals surface area contributed by atoms with Gasteiger partial charge in [-0.2, -0.15) is 5.26 Å². The Hall–Kier alpha value is -3.01. The zero-order valence-corrected chi connectivity index (χ0v) is 13.8. The van der Waals surface area contributed by atoms with Crippen LogP contribution in [0.15, 0.2) is 36.0 Å². The Balaban J connectivity index is 2.04. The molecule has 1 N–H and O–H groups in total. The molecule has 0 atom stereocenters. The van der Waals surface area contributed by atoms with Crippen molar-refractivity contribution in [3.8, 4) is 11.8 Å². The zero-order chi connectivity index (χ0) is 17.5. The van der Waals surface area contributed by atoms with Crippen molar-refractivity contribution >= 4 is 17.5 Å². The van der Waals surface area contributed by atoms with Crippen molar-refractivity contribution in [1.82, 2.24) is 9.80 Å². The molecule has 126 valence electrons. The molecule has 7 heteroatoms. The second-order valence-electron chi connectivity index (χ2n) is 5.31. The smallest absolute Gasteiger partial charge is 0.266 e. The maximum Gasteiger partial charge on any atom is 0.266 e. The third kappa shape index (κ3) is 4.04. The fourth-order valence-electron chi connectivity index (χ4n) is 2.45. The van der Waals surface area contributed by atoms with Gasteiger partial charge in [0, 0.05) is 39.3 Å².